The fourth-order valence-electron chi connectivity index (χ4n) is 4.04. The third-order valence-corrected chi connectivity index (χ3v) is 6.72. The molecule has 0 aliphatic heterocycles. The van der Waals surface area contributed by atoms with E-state index < -0.39 is 36.0 Å². The lowest BCUT2D eigenvalue weighted by Gasteiger charge is -2.10. The normalized spacial score (nSPS) is 8.34. The van der Waals surface area contributed by atoms with Crippen molar-refractivity contribution in [2.24, 2.45) is 0 Å². The van der Waals surface area contributed by atoms with Crippen molar-refractivity contribution >= 4 is 42.2 Å². The summed E-state index contributed by atoms with van der Waals surface area (Å²) in [5.41, 5.74) is 0.448. The molecular formula is C44H52O21. The van der Waals surface area contributed by atoms with Gasteiger partial charge < -0.3 is 64.9 Å². The number of aromatic hydroxyl groups is 3. The van der Waals surface area contributed by atoms with E-state index in [0.717, 1.165) is 7.11 Å². The first kappa shape index (κ1) is 65.5. The molecular weight excluding hydrogens is 864 g/mol. The molecule has 0 bridgehead atoms. The van der Waals surface area contributed by atoms with Crippen LogP contribution in [0.2, 0.25) is 0 Å². The SMILES string of the molecule is C.C.CO.COC(=O)c1ccccc1O.COC(=O)c1ccccc1O.COC(=O)c1ccccc1OC(=O)Oc1ccccc1C(=O)OC.O.O.O=C(O)c1ccccc1O.O=C=O. The van der Waals surface area contributed by atoms with Gasteiger partial charge in [0.1, 0.15) is 56.6 Å². The zero-order chi connectivity index (χ0) is 46.3. The van der Waals surface area contributed by atoms with Gasteiger partial charge in [0, 0.05) is 7.11 Å². The second-order valence-corrected chi connectivity index (χ2v) is 10.4. The van der Waals surface area contributed by atoms with E-state index in [1.165, 1.54) is 89.1 Å². The summed E-state index contributed by atoms with van der Waals surface area (Å²) in [5, 5.41) is 42.5. The summed E-state index contributed by atoms with van der Waals surface area (Å²) in [6, 6.07) is 30.4. The van der Waals surface area contributed by atoms with Crippen molar-refractivity contribution in [2.75, 3.05) is 35.5 Å². The van der Waals surface area contributed by atoms with E-state index in [1.807, 2.05) is 0 Å². The number of hydrogen-bond acceptors (Lipinski definition) is 18. The van der Waals surface area contributed by atoms with Crippen molar-refractivity contribution in [1.82, 2.24) is 0 Å². The summed E-state index contributed by atoms with van der Waals surface area (Å²) in [6.45, 7) is 0. The van der Waals surface area contributed by atoms with Crippen LogP contribution in [0, 0.1) is 0 Å². The second kappa shape index (κ2) is 37.2. The van der Waals surface area contributed by atoms with E-state index in [-0.39, 0.29) is 88.5 Å². The van der Waals surface area contributed by atoms with E-state index in [4.69, 9.17) is 44.6 Å². The molecule has 0 aliphatic carbocycles. The number of methoxy groups -OCH3 is 4. The predicted molar refractivity (Wildman–Crippen MR) is 230 cm³/mol. The topological polar surface area (TPSA) is 356 Å². The Morgan fingerprint density at radius 2 is 0.631 bits per heavy atom. The summed E-state index contributed by atoms with van der Waals surface area (Å²) in [7, 11) is 5.97. The van der Waals surface area contributed by atoms with Crippen molar-refractivity contribution in [2.45, 2.75) is 14.9 Å². The maximum atomic E-state index is 12.0. The largest absolute Gasteiger partial charge is 0.519 e. The monoisotopic (exact) mass is 916 g/mol. The standard InChI is InChI=1S/C17H14O7.2C8H8O3.C7H6O3.CO2.CH4O.2CH4.2H2O/c1-21-15(18)11-7-3-5-9-13(11)23-17(20)24-14-10-6-4-8-12(14)16(19)22-2;2*1-11-8(10)6-4-2-3-5-7(6)9;8-6-4-2-1-3-5(6)7(9)10;2-1-3;1-2;;;;/h3-10H,1-2H3;2*2-5,9H,1H3;1-4,8H,(H,9,10);;2H,1H3;2*1H4;2*1H2. The van der Waals surface area contributed by atoms with Crippen LogP contribution in [0.4, 0.5) is 4.79 Å². The fourth-order valence-corrected chi connectivity index (χ4v) is 4.04. The highest BCUT2D eigenvalue weighted by Crippen LogP contribution is 2.23. The highest BCUT2D eigenvalue weighted by Gasteiger charge is 2.20. The summed E-state index contributed by atoms with van der Waals surface area (Å²) >= 11 is 0. The van der Waals surface area contributed by atoms with Gasteiger partial charge >= 0.3 is 42.2 Å². The van der Waals surface area contributed by atoms with Gasteiger partial charge in [-0.05, 0) is 60.7 Å². The lowest BCUT2D eigenvalue weighted by Crippen LogP contribution is -2.17. The number of para-hydroxylation sites is 5. The molecule has 5 aromatic rings. The average Bonchev–Trinajstić information content (AvgIpc) is 3.27. The van der Waals surface area contributed by atoms with Crippen LogP contribution in [0.3, 0.4) is 0 Å². The molecule has 21 nitrogen and oxygen atoms in total. The summed E-state index contributed by atoms with van der Waals surface area (Å²) in [5.74, 6) is -3.84. The Morgan fingerprint density at radius 1 is 0.415 bits per heavy atom. The number of rotatable bonds is 7. The van der Waals surface area contributed by atoms with Crippen LogP contribution in [-0.2, 0) is 28.5 Å². The number of benzene rings is 5. The minimum atomic E-state index is -1.11. The molecule has 0 spiro atoms. The number of hydrogen-bond donors (Lipinski definition) is 5. The summed E-state index contributed by atoms with van der Waals surface area (Å²) in [6.07, 6.45) is -0.859. The van der Waals surface area contributed by atoms with Gasteiger partial charge in [0.05, 0.1) is 28.4 Å². The van der Waals surface area contributed by atoms with Crippen LogP contribution in [0.25, 0.3) is 0 Å². The first-order valence-corrected chi connectivity index (χ1v) is 16.6. The number of phenolic OH excluding ortho intramolecular Hbond substituents is 2. The van der Waals surface area contributed by atoms with Crippen LogP contribution in [0.15, 0.2) is 121 Å². The maximum absolute atomic E-state index is 12.0. The number of phenols is 3. The van der Waals surface area contributed by atoms with Crippen LogP contribution < -0.4 is 9.47 Å². The Balaban J connectivity index is -0.000000249. The Labute approximate surface area is 373 Å². The van der Waals surface area contributed by atoms with E-state index in [0.29, 0.717) is 0 Å². The molecule has 0 fully saturated rings. The molecule has 0 saturated carbocycles. The number of carboxylic acids is 1. The zero-order valence-corrected chi connectivity index (χ0v) is 34.0. The van der Waals surface area contributed by atoms with Crippen molar-refractivity contribution < 1.29 is 103 Å². The van der Waals surface area contributed by atoms with E-state index in [1.54, 1.807) is 60.7 Å². The maximum Gasteiger partial charge on any atom is 0.519 e. The fraction of sp³-hybridized carbons (Fsp3) is 0.159. The van der Waals surface area contributed by atoms with Crippen molar-refractivity contribution in [1.29, 1.82) is 0 Å². The third-order valence-electron chi connectivity index (χ3n) is 6.72. The van der Waals surface area contributed by atoms with Crippen LogP contribution in [-0.4, -0.2) is 114 Å². The van der Waals surface area contributed by atoms with Gasteiger partial charge in [-0.3, -0.25) is 0 Å². The molecule has 0 radical (unpaired) electrons. The van der Waals surface area contributed by atoms with E-state index >= 15 is 0 Å². The number of aromatic carboxylic acids is 1. The number of carboxylic acid groups (broad SMARTS) is 1. The van der Waals surface area contributed by atoms with Gasteiger partial charge in [0.25, 0.3) is 0 Å². The van der Waals surface area contributed by atoms with E-state index in [2.05, 4.69) is 18.9 Å². The molecule has 9 N–H and O–H groups in total. The number of ether oxygens (including phenoxy) is 6. The highest BCUT2D eigenvalue weighted by molar-refractivity contribution is 5.95. The van der Waals surface area contributed by atoms with Crippen LogP contribution in [0.5, 0.6) is 28.7 Å². The zero-order valence-electron chi connectivity index (χ0n) is 34.0. The average molecular weight is 917 g/mol. The summed E-state index contributed by atoms with van der Waals surface area (Å²) < 4.78 is 28.1. The quantitative estimate of drug-likeness (QED) is 0.0820. The highest BCUT2D eigenvalue weighted by atomic mass is 16.7. The molecule has 0 aromatic heterocycles. The predicted octanol–water partition coefficient (Wildman–Crippen LogP) is 4.93. The number of aliphatic hydroxyl groups is 1. The molecule has 0 aliphatic rings. The minimum absolute atomic E-state index is 0. The van der Waals surface area contributed by atoms with Gasteiger partial charge in [-0.25, -0.2) is 28.8 Å². The lowest BCUT2D eigenvalue weighted by molar-refractivity contribution is -0.191. The second-order valence-electron chi connectivity index (χ2n) is 10.4. The molecule has 5 aromatic carbocycles. The number of aliphatic hydroxyl groups excluding tert-OH is 1. The molecule has 0 heterocycles. The van der Waals surface area contributed by atoms with Gasteiger partial charge in [-0.15, -0.1) is 0 Å². The van der Waals surface area contributed by atoms with E-state index in [9.17, 15) is 28.8 Å². The smallest absolute Gasteiger partial charge is 0.507 e. The van der Waals surface area contributed by atoms with Crippen molar-refractivity contribution in [3.05, 3.63) is 149 Å². The number of carbonyl (C=O) groups excluding carboxylic acids is 7. The third kappa shape index (κ3) is 23.3. The molecule has 0 amide bonds. The molecule has 0 atom stereocenters. The Hall–Kier alpha value is -8.62. The number of carbonyl (C=O) groups is 6. The minimum Gasteiger partial charge on any atom is -0.507 e. The first-order valence-electron chi connectivity index (χ1n) is 16.6. The van der Waals surface area contributed by atoms with Crippen LogP contribution >= 0.6 is 0 Å². The number of esters is 4. The molecule has 0 saturated heterocycles. The van der Waals surface area contributed by atoms with Gasteiger partial charge in [-0.2, -0.15) is 9.59 Å². The molecule has 65 heavy (non-hydrogen) atoms. The molecule has 0 unspecified atom stereocenters. The summed E-state index contributed by atoms with van der Waals surface area (Å²) in [4.78, 5) is 83.5. The van der Waals surface area contributed by atoms with Gasteiger partial charge in [-0.1, -0.05) is 75.5 Å². The first-order chi connectivity index (χ1) is 29.2. The van der Waals surface area contributed by atoms with Crippen molar-refractivity contribution in [3.8, 4) is 28.7 Å². The Morgan fingerprint density at radius 3 is 0.862 bits per heavy atom. The van der Waals surface area contributed by atoms with Crippen molar-refractivity contribution in [3.63, 3.8) is 0 Å². The lowest BCUT2D eigenvalue weighted by atomic mass is 10.2. The Bertz CT molecular complexity index is 2110. The van der Waals surface area contributed by atoms with Gasteiger partial charge in [0.2, 0.25) is 0 Å². The van der Waals surface area contributed by atoms with Gasteiger partial charge in [0.15, 0.2) is 0 Å². The molecule has 5 rings (SSSR count). The molecule has 354 valence electrons. The van der Waals surface area contributed by atoms with Crippen LogP contribution in [0.1, 0.15) is 66.6 Å². The Kier molecular flexibility index (Phi) is 37.5. The molecule has 21 heteroatoms.